The highest BCUT2D eigenvalue weighted by Gasteiger charge is 2.23. The Balaban J connectivity index is 1.50. The quantitative estimate of drug-likeness (QED) is 0.695. The molecule has 1 N–H and O–H groups in total. The molecule has 1 saturated heterocycles. The van der Waals surface area contributed by atoms with Gasteiger partial charge in [0, 0.05) is 35.2 Å². The van der Waals surface area contributed by atoms with Crippen molar-refractivity contribution < 1.29 is 18.3 Å². The number of aromatic nitrogens is 2. The Bertz CT molecular complexity index is 1060. The number of cyclic esters (lactones) is 1. The number of rotatable bonds is 5. The van der Waals surface area contributed by atoms with Gasteiger partial charge in [-0.15, -0.1) is 0 Å². The third-order valence-electron chi connectivity index (χ3n) is 4.99. The number of hydrogen-bond acceptors (Lipinski definition) is 4. The lowest BCUT2D eigenvalue weighted by Gasteiger charge is -2.14. The number of carbonyl (C=O) groups excluding carboxylic acids is 1. The monoisotopic (exact) mass is 398 g/mol. The lowest BCUT2D eigenvalue weighted by Crippen LogP contribution is -2.23. The average Bonchev–Trinajstić information content (AvgIpc) is 3.24. The lowest BCUT2D eigenvalue weighted by atomic mass is 10.2. The molecule has 0 bridgehead atoms. The molecule has 1 amide bonds. The Labute approximate surface area is 166 Å². The van der Waals surface area contributed by atoms with Crippen LogP contribution in [0.2, 0.25) is 0 Å². The molecule has 6 nitrogen and oxygen atoms in total. The van der Waals surface area contributed by atoms with E-state index in [1.165, 1.54) is 16.8 Å². The predicted octanol–water partition coefficient (Wildman–Crippen LogP) is 4.34. The Morgan fingerprint density at radius 3 is 2.55 bits per heavy atom. The smallest absolute Gasteiger partial charge is 0.414 e. The molecule has 2 heterocycles. The molecule has 29 heavy (non-hydrogen) atoms. The Morgan fingerprint density at radius 1 is 1.14 bits per heavy atom. The zero-order valence-electron chi connectivity index (χ0n) is 16.1. The van der Waals surface area contributed by atoms with Crippen LogP contribution in [0, 0.1) is 25.5 Å². The molecule has 4 rings (SSSR count). The third kappa shape index (κ3) is 3.65. The lowest BCUT2D eigenvalue weighted by molar-refractivity contribution is 0.181. The van der Waals surface area contributed by atoms with Gasteiger partial charge in [-0.1, -0.05) is 0 Å². The molecule has 0 atom stereocenters. The largest absolute Gasteiger partial charge is 0.447 e. The Hall–Kier alpha value is -3.42. The summed E-state index contributed by atoms with van der Waals surface area (Å²) in [4.78, 5) is 13.2. The summed E-state index contributed by atoms with van der Waals surface area (Å²) in [7, 11) is 0. The van der Waals surface area contributed by atoms with Gasteiger partial charge in [0.1, 0.15) is 18.1 Å². The molecular weight excluding hydrogens is 378 g/mol. The van der Waals surface area contributed by atoms with Gasteiger partial charge in [-0.05, 0) is 50.2 Å². The fraction of sp³-hybridized carbons (Fsp3) is 0.238. The van der Waals surface area contributed by atoms with Gasteiger partial charge >= 0.3 is 6.09 Å². The number of anilines is 2. The van der Waals surface area contributed by atoms with Crippen LogP contribution in [0.4, 0.5) is 25.0 Å². The van der Waals surface area contributed by atoms with E-state index in [4.69, 9.17) is 4.74 Å². The van der Waals surface area contributed by atoms with Crippen LogP contribution in [0.15, 0.2) is 42.5 Å². The summed E-state index contributed by atoms with van der Waals surface area (Å²) in [5, 5.41) is 7.73. The second-order valence-corrected chi connectivity index (χ2v) is 6.82. The van der Waals surface area contributed by atoms with Crippen molar-refractivity contribution >= 4 is 17.5 Å². The summed E-state index contributed by atoms with van der Waals surface area (Å²) >= 11 is 0. The van der Waals surface area contributed by atoms with Crippen molar-refractivity contribution in [1.29, 1.82) is 0 Å². The molecule has 8 heteroatoms. The minimum Gasteiger partial charge on any atom is -0.447 e. The fourth-order valence-corrected chi connectivity index (χ4v) is 3.40. The van der Waals surface area contributed by atoms with E-state index in [9.17, 15) is 13.6 Å². The van der Waals surface area contributed by atoms with Crippen LogP contribution in [0.3, 0.4) is 0 Å². The summed E-state index contributed by atoms with van der Waals surface area (Å²) in [6, 6.07) is 10.9. The number of amides is 1. The maximum Gasteiger partial charge on any atom is 0.414 e. The van der Waals surface area contributed by atoms with E-state index in [0.717, 1.165) is 34.4 Å². The number of nitrogens with zero attached hydrogens (tertiary/aromatic N) is 3. The first-order valence-corrected chi connectivity index (χ1v) is 9.23. The van der Waals surface area contributed by atoms with Crippen molar-refractivity contribution in [2.24, 2.45) is 0 Å². The van der Waals surface area contributed by atoms with Gasteiger partial charge in [-0.3, -0.25) is 4.90 Å². The molecule has 1 fully saturated rings. The van der Waals surface area contributed by atoms with E-state index in [1.807, 2.05) is 38.1 Å². The SMILES string of the molecule is Cc1nn(-c2ccc(F)cc2F)c(C)c1CNc1ccc(N2CCOC2=O)cc1. The van der Waals surface area contributed by atoms with Crippen LogP contribution in [0.25, 0.3) is 5.69 Å². The molecule has 1 aliphatic heterocycles. The van der Waals surface area contributed by atoms with E-state index in [2.05, 4.69) is 10.4 Å². The first-order valence-electron chi connectivity index (χ1n) is 9.23. The van der Waals surface area contributed by atoms with Gasteiger partial charge in [0.05, 0.1) is 12.2 Å². The number of aryl methyl sites for hydroxylation is 1. The predicted molar refractivity (Wildman–Crippen MR) is 105 cm³/mol. The van der Waals surface area contributed by atoms with Crippen molar-refractivity contribution in [3.8, 4) is 5.69 Å². The maximum absolute atomic E-state index is 14.1. The fourth-order valence-electron chi connectivity index (χ4n) is 3.40. The first-order chi connectivity index (χ1) is 13.9. The summed E-state index contributed by atoms with van der Waals surface area (Å²) in [6.45, 7) is 5.14. The van der Waals surface area contributed by atoms with Crippen molar-refractivity contribution in [3.63, 3.8) is 0 Å². The summed E-state index contributed by atoms with van der Waals surface area (Å²) in [5.74, 6) is -1.29. The van der Waals surface area contributed by atoms with Gasteiger partial charge in [0.25, 0.3) is 0 Å². The molecule has 1 aliphatic rings. The van der Waals surface area contributed by atoms with Crippen molar-refractivity contribution in [2.75, 3.05) is 23.4 Å². The third-order valence-corrected chi connectivity index (χ3v) is 4.99. The number of carbonyl (C=O) groups is 1. The number of ether oxygens (including phenoxy) is 1. The summed E-state index contributed by atoms with van der Waals surface area (Å²) in [6.07, 6.45) is -0.336. The van der Waals surface area contributed by atoms with Crippen LogP contribution >= 0.6 is 0 Å². The van der Waals surface area contributed by atoms with E-state index in [-0.39, 0.29) is 11.8 Å². The number of halogens is 2. The van der Waals surface area contributed by atoms with E-state index < -0.39 is 11.6 Å². The van der Waals surface area contributed by atoms with E-state index in [1.54, 1.807) is 4.90 Å². The van der Waals surface area contributed by atoms with Crippen LogP contribution < -0.4 is 10.2 Å². The minimum absolute atomic E-state index is 0.208. The highest BCUT2D eigenvalue weighted by molar-refractivity contribution is 5.89. The highest BCUT2D eigenvalue weighted by Crippen LogP contribution is 2.24. The second-order valence-electron chi connectivity index (χ2n) is 6.82. The normalized spacial score (nSPS) is 13.7. The van der Waals surface area contributed by atoms with Crippen molar-refractivity contribution in [3.05, 3.63) is 71.1 Å². The molecular formula is C21H20F2N4O2. The van der Waals surface area contributed by atoms with E-state index >= 15 is 0 Å². The van der Waals surface area contributed by atoms with Gasteiger partial charge in [-0.25, -0.2) is 18.3 Å². The Kier molecular flexibility index (Phi) is 4.92. The van der Waals surface area contributed by atoms with Crippen molar-refractivity contribution in [1.82, 2.24) is 9.78 Å². The van der Waals surface area contributed by atoms with Crippen LogP contribution in [0.1, 0.15) is 17.0 Å². The Morgan fingerprint density at radius 2 is 1.90 bits per heavy atom. The first kappa shape index (κ1) is 18.9. The zero-order chi connectivity index (χ0) is 20.5. The van der Waals surface area contributed by atoms with Gasteiger partial charge < -0.3 is 10.1 Å². The molecule has 0 spiro atoms. The average molecular weight is 398 g/mol. The topological polar surface area (TPSA) is 59.4 Å². The summed E-state index contributed by atoms with van der Waals surface area (Å²) in [5.41, 5.74) is 4.33. The molecule has 0 radical (unpaired) electrons. The molecule has 150 valence electrons. The number of hydrogen-bond donors (Lipinski definition) is 1. The van der Waals surface area contributed by atoms with Crippen LogP contribution in [0.5, 0.6) is 0 Å². The van der Waals surface area contributed by atoms with Gasteiger partial charge in [0.2, 0.25) is 0 Å². The van der Waals surface area contributed by atoms with Crippen LogP contribution in [-0.4, -0.2) is 29.0 Å². The van der Waals surface area contributed by atoms with Crippen LogP contribution in [-0.2, 0) is 11.3 Å². The molecule has 2 aromatic carbocycles. The molecule has 3 aromatic rings. The molecule has 1 aromatic heterocycles. The molecule has 0 saturated carbocycles. The second kappa shape index (κ2) is 7.54. The van der Waals surface area contributed by atoms with E-state index in [0.29, 0.717) is 19.7 Å². The van der Waals surface area contributed by atoms with Gasteiger partial charge in [0.15, 0.2) is 5.82 Å². The molecule has 0 aliphatic carbocycles. The van der Waals surface area contributed by atoms with Gasteiger partial charge in [-0.2, -0.15) is 5.10 Å². The number of benzene rings is 2. The zero-order valence-corrected chi connectivity index (χ0v) is 16.1. The standard InChI is InChI=1S/C21H20F2N4O2/c1-13-18(14(2)27(25-13)20-8-3-15(22)11-19(20)23)12-24-16-4-6-17(7-5-16)26-9-10-29-21(26)28/h3-8,11,24H,9-10,12H2,1-2H3. The minimum atomic E-state index is -0.661. The van der Waals surface area contributed by atoms with Crippen molar-refractivity contribution in [2.45, 2.75) is 20.4 Å². The number of nitrogens with one attached hydrogen (secondary N) is 1. The highest BCUT2D eigenvalue weighted by atomic mass is 19.1. The molecule has 0 unspecified atom stereocenters. The summed E-state index contributed by atoms with van der Waals surface area (Å²) < 4.78 is 33.8. The maximum atomic E-state index is 14.1.